The zero-order chi connectivity index (χ0) is 22.0. The number of nitrogens with zero attached hydrogens (tertiary/aromatic N) is 5. The second-order valence-corrected chi connectivity index (χ2v) is 10.1. The van der Waals surface area contributed by atoms with E-state index in [1.165, 1.54) is 12.8 Å². The van der Waals surface area contributed by atoms with Crippen LogP contribution >= 0.6 is 23.2 Å². The lowest BCUT2D eigenvalue weighted by Crippen LogP contribution is -2.49. The number of anilines is 1. The van der Waals surface area contributed by atoms with Crippen molar-refractivity contribution in [2.75, 3.05) is 18.0 Å². The number of aromatic amines is 1. The maximum absolute atomic E-state index is 6.62. The highest BCUT2D eigenvalue weighted by Gasteiger charge is 2.46. The molecule has 2 aliphatic rings. The van der Waals surface area contributed by atoms with Crippen LogP contribution in [0.15, 0.2) is 30.6 Å². The predicted molar refractivity (Wildman–Crippen MR) is 128 cm³/mol. The molecule has 2 fully saturated rings. The summed E-state index contributed by atoms with van der Waals surface area (Å²) in [6, 6.07) is 5.84. The first kappa shape index (κ1) is 20.3. The molecule has 4 aromatic rings. The van der Waals surface area contributed by atoms with Gasteiger partial charge in [0.25, 0.3) is 0 Å². The minimum Gasteiger partial charge on any atom is -0.342 e. The summed E-state index contributed by atoms with van der Waals surface area (Å²) in [4.78, 5) is 12.0. The molecule has 0 radical (unpaired) electrons. The van der Waals surface area contributed by atoms with Gasteiger partial charge in [-0.1, -0.05) is 42.3 Å². The molecule has 1 saturated heterocycles. The van der Waals surface area contributed by atoms with E-state index in [0.717, 1.165) is 48.5 Å². The third-order valence-electron chi connectivity index (χ3n) is 7.71. The Morgan fingerprint density at radius 1 is 1.19 bits per heavy atom. The Labute approximate surface area is 195 Å². The number of imidazole rings is 1. The fourth-order valence-corrected chi connectivity index (χ4v) is 6.12. The van der Waals surface area contributed by atoms with E-state index in [1.807, 2.05) is 18.3 Å². The van der Waals surface area contributed by atoms with E-state index in [4.69, 9.17) is 33.9 Å². The number of nitrogens with two attached hydrogens (primary N) is 1. The summed E-state index contributed by atoms with van der Waals surface area (Å²) in [5.74, 6) is 1.49. The monoisotopic (exact) mass is 469 g/mol. The van der Waals surface area contributed by atoms with Crippen LogP contribution in [0, 0.1) is 11.3 Å². The van der Waals surface area contributed by atoms with Gasteiger partial charge in [0.2, 0.25) is 5.95 Å². The lowest BCUT2D eigenvalue weighted by molar-refractivity contribution is 0.185. The number of piperidine rings is 1. The number of rotatable bonds is 2. The van der Waals surface area contributed by atoms with Gasteiger partial charge in [-0.2, -0.15) is 10.1 Å². The van der Waals surface area contributed by atoms with Crippen molar-refractivity contribution in [2.24, 2.45) is 17.1 Å². The smallest absolute Gasteiger partial charge is 0.213 e. The fourth-order valence-electron chi connectivity index (χ4n) is 5.73. The third kappa shape index (κ3) is 2.87. The molecule has 0 unspecified atom stereocenters. The Morgan fingerprint density at radius 3 is 2.75 bits per heavy atom. The van der Waals surface area contributed by atoms with Crippen molar-refractivity contribution in [1.82, 2.24) is 24.6 Å². The van der Waals surface area contributed by atoms with E-state index in [1.54, 1.807) is 12.3 Å². The zero-order valence-electron chi connectivity index (χ0n) is 17.9. The minimum absolute atomic E-state index is 0.276. The van der Waals surface area contributed by atoms with Gasteiger partial charge in [-0.15, -0.1) is 0 Å². The van der Waals surface area contributed by atoms with Crippen molar-refractivity contribution >= 4 is 45.8 Å². The number of fused-ring (bicyclic) bond motifs is 3. The molecule has 166 valence electrons. The molecule has 3 aromatic heterocycles. The lowest BCUT2D eigenvalue weighted by atomic mass is 9.73. The topological polar surface area (TPSA) is 88.1 Å². The van der Waals surface area contributed by atoms with Crippen LogP contribution in [0.1, 0.15) is 32.6 Å². The molecular weight excluding hydrogens is 445 g/mol. The van der Waals surface area contributed by atoms with E-state index < -0.39 is 0 Å². The molecule has 7 nitrogen and oxygen atoms in total. The number of benzene rings is 1. The van der Waals surface area contributed by atoms with Crippen LogP contribution in [0.3, 0.4) is 0 Å². The first-order valence-corrected chi connectivity index (χ1v) is 11.9. The maximum atomic E-state index is 6.62. The summed E-state index contributed by atoms with van der Waals surface area (Å²) >= 11 is 12.7. The predicted octanol–water partition coefficient (Wildman–Crippen LogP) is 4.92. The second-order valence-electron chi connectivity index (χ2n) is 9.32. The molecule has 4 heterocycles. The van der Waals surface area contributed by atoms with Gasteiger partial charge >= 0.3 is 0 Å². The average molecular weight is 470 g/mol. The SMILES string of the molecule is C[C@@H]1CCC2(CCN(c3nc4[nH]nc(-c5cccc(Cl)c5Cl)c4c4nccn34)CC2)[C@@H]1N. The fraction of sp³-hybridized carbons (Fsp3) is 0.435. The van der Waals surface area contributed by atoms with Gasteiger partial charge in [-0.3, -0.25) is 9.50 Å². The number of nitrogens with one attached hydrogen (secondary N) is 1. The lowest BCUT2D eigenvalue weighted by Gasteiger charge is -2.43. The van der Waals surface area contributed by atoms with Gasteiger partial charge in [0, 0.05) is 37.1 Å². The van der Waals surface area contributed by atoms with E-state index in [2.05, 4.69) is 31.4 Å². The van der Waals surface area contributed by atoms with Crippen LogP contribution < -0.4 is 10.6 Å². The normalized spacial score (nSPS) is 23.1. The first-order chi connectivity index (χ1) is 15.5. The zero-order valence-corrected chi connectivity index (χ0v) is 19.4. The molecule has 1 aromatic carbocycles. The summed E-state index contributed by atoms with van der Waals surface area (Å²) in [5, 5.41) is 9.43. The highest BCUT2D eigenvalue weighted by Crippen LogP contribution is 2.48. The Bertz CT molecular complexity index is 1320. The number of halogens is 2. The third-order valence-corrected chi connectivity index (χ3v) is 8.52. The molecule has 0 amide bonds. The van der Waals surface area contributed by atoms with Crippen molar-refractivity contribution in [2.45, 2.75) is 38.6 Å². The molecule has 1 aliphatic carbocycles. The first-order valence-electron chi connectivity index (χ1n) is 11.1. The van der Waals surface area contributed by atoms with E-state index in [0.29, 0.717) is 33.3 Å². The molecule has 2 atom stereocenters. The van der Waals surface area contributed by atoms with Crippen LogP contribution in [0.25, 0.3) is 27.9 Å². The standard InChI is InChI=1S/C23H25Cl2N7/c1-13-5-6-23(19(13)26)7-10-31(11-8-23)22-28-20-16(21-27-9-12-32(21)22)18(29-30-20)14-3-2-4-15(24)17(14)25/h2-4,9,12-13,19H,5-8,10-11,26H2,1H3,(H,29,30)/t13-,19-/m1/s1. The highest BCUT2D eigenvalue weighted by atomic mass is 35.5. The van der Waals surface area contributed by atoms with Crippen molar-refractivity contribution in [3.63, 3.8) is 0 Å². The quantitative estimate of drug-likeness (QED) is 0.434. The average Bonchev–Trinajstić information content (AvgIpc) is 3.51. The number of aromatic nitrogens is 5. The highest BCUT2D eigenvalue weighted by molar-refractivity contribution is 6.43. The summed E-state index contributed by atoms with van der Waals surface area (Å²) in [7, 11) is 0. The summed E-state index contributed by atoms with van der Waals surface area (Å²) in [6.07, 6.45) is 8.43. The number of hydrogen-bond acceptors (Lipinski definition) is 5. The molecule has 1 spiro atoms. The molecular formula is C23H25Cl2N7. The molecule has 0 bridgehead atoms. The molecule has 32 heavy (non-hydrogen) atoms. The van der Waals surface area contributed by atoms with Crippen LogP contribution in [0.4, 0.5) is 5.95 Å². The Balaban J connectivity index is 1.41. The molecule has 1 aliphatic heterocycles. The van der Waals surface area contributed by atoms with Crippen LogP contribution in [0.5, 0.6) is 0 Å². The van der Waals surface area contributed by atoms with Gasteiger partial charge in [-0.05, 0) is 43.1 Å². The Morgan fingerprint density at radius 2 is 2.00 bits per heavy atom. The largest absolute Gasteiger partial charge is 0.342 e. The van der Waals surface area contributed by atoms with E-state index >= 15 is 0 Å². The van der Waals surface area contributed by atoms with Gasteiger partial charge in [0.15, 0.2) is 11.3 Å². The van der Waals surface area contributed by atoms with Crippen LogP contribution in [-0.4, -0.2) is 43.7 Å². The molecule has 3 N–H and O–H groups in total. The van der Waals surface area contributed by atoms with Crippen molar-refractivity contribution in [3.05, 3.63) is 40.6 Å². The van der Waals surface area contributed by atoms with Crippen molar-refractivity contribution < 1.29 is 0 Å². The van der Waals surface area contributed by atoms with Gasteiger partial charge in [0.1, 0.15) is 5.69 Å². The number of H-pyrrole nitrogens is 1. The Hall–Kier alpha value is -2.35. The van der Waals surface area contributed by atoms with Gasteiger partial charge in [-0.25, -0.2) is 4.98 Å². The summed E-state index contributed by atoms with van der Waals surface area (Å²) in [6.45, 7) is 4.17. The molecule has 9 heteroatoms. The van der Waals surface area contributed by atoms with E-state index in [9.17, 15) is 0 Å². The summed E-state index contributed by atoms with van der Waals surface area (Å²) < 4.78 is 2.05. The van der Waals surface area contributed by atoms with Crippen LogP contribution in [-0.2, 0) is 0 Å². The molecule has 1 saturated carbocycles. The van der Waals surface area contributed by atoms with Gasteiger partial charge in [0.05, 0.1) is 15.4 Å². The van der Waals surface area contributed by atoms with Crippen molar-refractivity contribution in [3.8, 4) is 11.3 Å². The number of hydrogen-bond donors (Lipinski definition) is 2. The molecule has 6 rings (SSSR count). The van der Waals surface area contributed by atoms with Crippen LogP contribution in [0.2, 0.25) is 10.0 Å². The Kier molecular flexibility index (Phi) is 4.65. The maximum Gasteiger partial charge on any atom is 0.213 e. The summed E-state index contributed by atoms with van der Waals surface area (Å²) in [5.41, 5.74) is 9.85. The van der Waals surface area contributed by atoms with E-state index in [-0.39, 0.29) is 5.41 Å². The minimum atomic E-state index is 0.276. The second kappa shape index (κ2) is 7.33. The van der Waals surface area contributed by atoms with Crippen molar-refractivity contribution in [1.29, 1.82) is 0 Å². The van der Waals surface area contributed by atoms with Gasteiger partial charge < -0.3 is 10.6 Å².